The van der Waals surface area contributed by atoms with Crippen LogP contribution in [0.5, 0.6) is 0 Å². The van der Waals surface area contributed by atoms with E-state index in [1.165, 1.54) is 0 Å². The van der Waals surface area contributed by atoms with Crippen LogP contribution in [0.4, 0.5) is 0 Å². The zero-order valence-electron chi connectivity index (χ0n) is 13.1. The molecule has 0 saturated carbocycles. The molecule has 0 aliphatic rings. The van der Waals surface area contributed by atoms with Crippen molar-refractivity contribution < 1.29 is 9.47 Å². The summed E-state index contributed by atoms with van der Waals surface area (Å²) in [5, 5.41) is 0.755. The Labute approximate surface area is 133 Å². The van der Waals surface area contributed by atoms with Gasteiger partial charge < -0.3 is 15.2 Å². The molecule has 1 unspecified atom stereocenters. The molecule has 0 aliphatic heterocycles. The highest BCUT2D eigenvalue weighted by atomic mass is 35.5. The molecule has 0 fully saturated rings. The number of benzene rings is 1. The van der Waals surface area contributed by atoms with Crippen molar-refractivity contribution in [2.45, 2.75) is 19.9 Å². The van der Waals surface area contributed by atoms with E-state index in [0.29, 0.717) is 19.8 Å². The summed E-state index contributed by atoms with van der Waals surface area (Å²) in [5.74, 6) is 0. The second-order valence-electron chi connectivity index (χ2n) is 4.70. The first-order valence-electron chi connectivity index (χ1n) is 7.58. The molecule has 0 aromatic heterocycles. The second kappa shape index (κ2) is 11.0. The maximum absolute atomic E-state index is 6.32. The summed E-state index contributed by atoms with van der Waals surface area (Å²) >= 11 is 6.32. The maximum atomic E-state index is 6.32. The van der Waals surface area contributed by atoms with Crippen LogP contribution >= 0.6 is 11.6 Å². The quantitative estimate of drug-likeness (QED) is 0.638. The highest BCUT2D eigenvalue weighted by Gasteiger charge is 2.20. The van der Waals surface area contributed by atoms with Gasteiger partial charge >= 0.3 is 0 Å². The molecule has 0 aliphatic carbocycles. The third-order valence-corrected chi connectivity index (χ3v) is 3.73. The first-order valence-corrected chi connectivity index (χ1v) is 7.96. The molecule has 2 N–H and O–H groups in total. The molecule has 0 amide bonds. The van der Waals surface area contributed by atoms with Crippen molar-refractivity contribution in [1.29, 1.82) is 0 Å². The summed E-state index contributed by atoms with van der Waals surface area (Å²) in [7, 11) is 0. The molecule has 0 spiro atoms. The Morgan fingerprint density at radius 1 is 1.10 bits per heavy atom. The Kier molecular flexibility index (Phi) is 9.63. The first kappa shape index (κ1) is 18.4. The fraction of sp³-hybridized carbons (Fsp3) is 0.625. The Hall–Kier alpha value is -0.650. The van der Waals surface area contributed by atoms with Crippen molar-refractivity contribution >= 4 is 11.6 Å². The van der Waals surface area contributed by atoms with Gasteiger partial charge in [0.15, 0.2) is 0 Å². The standard InChI is InChI=1S/C16H27ClN2O2/c1-3-20-11-9-19(10-12-21-4-2)16(13-18)14-7-5-6-8-15(14)17/h5-8,16H,3-4,9-13,18H2,1-2H3. The molecule has 0 radical (unpaired) electrons. The first-order chi connectivity index (χ1) is 10.2. The van der Waals surface area contributed by atoms with E-state index in [1.807, 2.05) is 38.1 Å². The van der Waals surface area contributed by atoms with E-state index in [0.717, 1.165) is 36.9 Å². The summed E-state index contributed by atoms with van der Waals surface area (Å²) in [5.41, 5.74) is 7.07. The zero-order chi connectivity index (χ0) is 15.5. The van der Waals surface area contributed by atoms with Crippen LogP contribution in [0.25, 0.3) is 0 Å². The lowest BCUT2D eigenvalue weighted by Gasteiger charge is -2.31. The van der Waals surface area contributed by atoms with E-state index >= 15 is 0 Å². The van der Waals surface area contributed by atoms with Crippen molar-refractivity contribution in [2.24, 2.45) is 5.73 Å². The van der Waals surface area contributed by atoms with Gasteiger partial charge in [-0.3, -0.25) is 4.90 Å². The number of nitrogens with two attached hydrogens (primary N) is 1. The van der Waals surface area contributed by atoms with Crippen molar-refractivity contribution in [3.05, 3.63) is 34.9 Å². The molecular weight excluding hydrogens is 288 g/mol. The number of hydrogen-bond donors (Lipinski definition) is 1. The Morgan fingerprint density at radius 3 is 2.14 bits per heavy atom. The fourth-order valence-electron chi connectivity index (χ4n) is 2.29. The van der Waals surface area contributed by atoms with Gasteiger partial charge in [0.05, 0.1) is 13.2 Å². The minimum absolute atomic E-state index is 0.0830. The van der Waals surface area contributed by atoms with Crippen LogP contribution < -0.4 is 5.73 Å². The molecule has 0 bridgehead atoms. The Balaban J connectivity index is 2.78. The molecule has 1 aromatic rings. The lowest BCUT2D eigenvalue weighted by atomic mass is 10.1. The molecule has 1 aromatic carbocycles. The third-order valence-electron chi connectivity index (χ3n) is 3.38. The van der Waals surface area contributed by atoms with Gasteiger partial charge in [0, 0.05) is 43.9 Å². The molecule has 5 heteroatoms. The summed E-state index contributed by atoms with van der Waals surface area (Å²) in [6, 6.07) is 7.95. The van der Waals surface area contributed by atoms with Gasteiger partial charge in [-0.1, -0.05) is 29.8 Å². The van der Waals surface area contributed by atoms with E-state index in [1.54, 1.807) is 0 Å². The summed E-state index contributed by atoms with van der Waals surface area (Å²) in [6.07, 6.45) is 0. The third kappa shape index (κ3) is 6.32. The van der Waals surface area contributed by atoms with Gasteiger partial charge in [-0.05, 0) is 25.5 Å². The minimum Gasteiger partial charge on any atom is -0.380 e. The SMILES string of the molecule is CCOCCN(CCOCC)C(CN)c1ccccc1Cl. The van der Waals surface area contributed by atoms with Crippen LogP contribution in [0.2, 0.25) is 5.02 Å². The maximum Gasteiger partial charge on any atom is 0.0593 e. The van der Waals surface area contributed by atoms with Crippen LogP contribution in [-0.4, -0.2) is 51.0 Å². The predicted octanol–water partition coefficient (Wildman–Crippen LogP) is 2.71. The normalized spacial score (nSPS) is 12.8. The summed E-state index contributed by atoms with van der Waals surface area (Å²) in [6.45, 7) is 8.95. The lowest BCUT2D eigenvalue weighted by molar-refractivity contribution is 0.0640. The Bertz CT molecular complexity index is 380. The smallest absolute Gasteiger partial charge is 0.0593 e. The van der Waals surface area contributed by atoms with Crippen molar-refractivity contribution in [1.82, 2.24) is 4.90 Å². The molecule has 4 nitrogen and oxygen atoms in total. The monoisotopic (exact) mass is 314 g/mol. The topological polar surface area (TPSA) is 47.7 Å². The average molecular weight is 315 g/mol. The van der Waals surface area contributed by atoms with E-state index in [-0.39, 0.29) is 6.04 Å². The van der Waals surface area contributed by atoms with Gasteiger partial charge in [0.2, 0.25) is 0 Å². The molecule has 21 heavy (non-hydrogen) atoms. The van der Waals surface area contributed by atoms with Gasteiger partial charge in [-0.25, -0.2) is 0 Å². The van der Waals surface area contributed by atoms with Gasteiger partial charge in [0.25, 0.3) is 0 Å². The van der Waals surface area contributed by atoms with Crippen molar-refractivity contribution in [3.8, 4) is 0 Å². The number of halogens is 1. The van der Waals surface area contributed by atoms with Gasteiger partial charge in [0.1, 0.15) is 0 Å². The van der Waals surface area contributed by atoms with E-state index in [2.05, 4.69) is 4.90 Å². The predicted molar refractivity (Wildman–Crippen MR) is 87.8 cm³/mol. The largest absolute Gasteiger partial charge is 0.380 e. The van der Waals surface area contributed by atoms with Crippen LogP contribution in [0.15, 0.2) is 24.3 Å². The molecular formula is C16H27ClN2O2. The average Bonchev–Trinajstić information content (AvgIpc) is 2.49. The minimum atomic E-state index is 0.0830. The number of hydrogen-bond acceptors (Lipinski definition) is 4. The van der Waals surface area contributed by atoms with Crippen LogP contribution in [0.3, 0.4) is 0 Å². The van der Waals surface area contributed by atoms with Crippen LogP contribution in [-0.2, 0) is 9.47 Å². The lowest BCUT2D eigenvalue weighted by Crippen LogP contribution is -2.38. The van der Waals surface area contributed by atoms with Crippen LogP contribution in [0.1, 0.15) is 25.5 Å². The zero-order valence-corrected chi connectivity index (χ0v) is 13.8. The van der Waals surface area contributed by atoms with Gasteiger partial charge in [-0.2, -0.15) is 0 Å². The second-order valence-corrected chi connectivity index (χ2v) is 5.11. The summed E-state index contributed by atoms with van der Waals surface area (Å²) in [4.78, 5) is 2.28. The van der Waals surface area contributed by atoms with Crippen molar-refractivity contribution in [2.75, 3.05) is 46.1 Å². The van der Waals surface area contributed by atoms with Crippen LogP contribution in [0, 0.1) is 0 Å². The highest BCUT2D eigenvalue weighted by molar-refractivity contribution is 6.31. The summed E-state index contributed by atoms with van der Waals surface area (Å²) < 4.78 is 10.9. The fourth-order valence-corrected chi connectivity index (χ4v) is 2.56. The van der Waals surface area contributed by atoms with E-state index in [4.69, 9.17) is 26.8 Å². The van der Waals surface area contributed by atoms with E-state index < -0.39 is 0 Å². The van der Waals surface area contributed by atoms with E-state index in [9.17, 15) is 0 Å². The highest BCUT2D eigenvalue weighted by Crippen LogP contribution is 2.26. The van der Waals surface area contributed by atoms with Gasteiger partial charge in [-0.15, -0.1) is 0 Å². The number of rotatable bonds is 11. The molecule has 0 saturated heterocycles. The number of nitrogens with zero attached hydrogens (tertiary/aromatic N) is 1. The molecule has 1 atom stereocenters. The molecule has 1 rings (SSSR count). The molecule has 120 valence electrons. The van der Waals surface area contributed by atoms with Crippen molar-refractivity contribution in [3.63, 3.8) is 0 Å². The molecule has 0 heterocycles. The number of ether oxygens (including phenoxy) is 2. The Morgan fingerprint density at radius 2 is 1.67 bits per heavy atom.